The molecule has 0 saturated heterocycles. The Morgan fingerprint density at radius 1 is 0.973 bits per heavy atom. The highest BCUT2D eigenvalue weighted by Crippen LogP contribution is 2.27. The first kappa shape index (κ1) is 24.5. The molecular weight excluding hydrogens is 462 g/mol. The van der Waals surface area contributed by atoms with Crippen LogP contribution in [-0.4, -0.2) is 35.1 Å². The topological polar surface area (TPSA) is 92.6 Å². The van der Waals surface area contributed by atoms with Gasteiger partial charge >= 0.3 is 0 Å². The minimum atomic E-state index is -0.103. The molecule has 0 aliphatic heterocycles. The standard InChI is InChI=1S/C29H31N7O/c1-4-27(28-32-33-34-36(28)18-22-9-6-5-7-10-22)35(17-23-11-8-12-30-16-23)19-25-15-24-13-20(2)21(3)14-26(24)31-29(25)37/h5-16,27H,4,17-19H2,1-3H3,(H,31,37)/t27-/m1/s1. The fourth-order valence-electron chi connectivity index (χ4n) is 4.78. The smallest absolute Gasteiger partial charge is 0.252 e. The van der Waals surface area contributed by atoms with Crippen LogP contribution < -0.4 is 5.56 Å². The molecule has 3 heterocycles. The van der Waals surface area contributed by atoms with E-state index in [9.17, 15) is 4.79 Å². The van der Waals surface area contributed by atoms with Gasteiger partial charge in [0.15, 0.2) is 5.82 Å². The van der Waals surface area contributed by atoms with Crippen LogP contribution in [0.4, 0.5) is 0 Å². The first-order valence-electron chi connectivity index (χ1n) is 12.6. The lowest BCUT2D eigenvalue weighted by atomic mass is 10.0. The zero-order valence-corrected chi connectivity index (χ0v) is 21.4. The molecule has 8 heteroatoms. The highest BCUT2D eigenvalue weighted by atomic mass is 16.1. The van der Waals surface area contributed by atoms with Gasteiger partial charge in [-0.2, -0.15) is 0 Å². The number of fused-ring (bicyclic) bond motifs is 1. The summed E-state index contributed by atoms with van der Waals surface area (Å²) in [6.45, 7) is 7.91. The molecule has 0 unspecified atom stereocenters. The number of tetrazole rings is 1. The van der Waals surface area contributed by atoms with Crippen molar-refractivity contribution in [2.75, 3.05) is 0 Å². The molecule has 0 fully saturated rings. The van der Waals surface area contributed by atoms with Gasteiger partial charge in [-0.05, 0) is 82.6 Å². The SMILES string of the molecule is CC[C@H](c1nnnn1Cc1ccccc1)N(Cc1cccnc1)Cc1cc2cc(C)c(C)cc2[nH]c1=O. The Morgan fingerprint density at radius 3 is 2.51 bits per heavy atom. The van der Waals surface area contributed by atoms with E-state index in [2.05, 4.69) is 75.4 Å². The van der Waals surface area contributed by atoms with Gasteiger partial charge in [0.25, 0.3) is 5.56 Å². The van der Waals surface area contributed by atoms with Crippen LogP contribution in [-0.2, 0) is 19.6 Å². The number of rotatable bonds is 9. The maximum atomic E-state index is 13.2. The van der Waals surface area contributed by atoms with Crippen LogP contribution in [0.15, 0.2) is 77.9 Å². The number of pyridine rings is 2. The normalized spacial score (nSPS) is 12.3. The molecule has 2 aromatic carbocycles. The van der Waals surface area contributed by atoms with Crippen molar-refractivity contribution in [2.24, 2.45) is 0 Å². The molecule has 5 aromatic rings. The number of aryl methyl sites for hydroxylation is 2. The molecule has 0 saturated carbocycles. The van der Waals surface area contributed by atoms with E-state index in [1.807, 2.05) is 47.3 Å². The molecular formula is C29H31N7O. The van der Waals surface area contributed by atoms with Crippen molar-refractivity contribution in [3.8, 4) is 0 Å². The van der Waals surface area contributed by atoms with Crippen LogP contribution in [0.1, 0.15) is 53.0 Å². The predicted molar refractivity (Wildman–Crippen MR) is 144 cm³/mol. The molecule has 0 spiro atoms. The molecule has 0 aliphatic rings. The van der Waals surface area contributed by atoms with Crippen molar-refractivity contribution in [3.05, 3.63) is 117 Å². The second kappa shape index (κ2) is 10.8. The van der Waals surface area contributed by atoms with Crippen LogP contribution in [0, 0.1) is 13.8 Å². The molecule has 0 bridgehead atoms. The third-order valence-corrected chi connectivity index (χ3v) is 6.88. The third kappa shape index (κ3) is 5.49. The maximum Gasteiger partial charge on any atom is 0.252 e. The zero-order valence-electron chi connectivity index (χ0n) is 21.4. The summed E-state index contributed by atoms with van der Waals surface area (Å²) in [4.78, 5) is 22.8. The first-order chi connectivity index (χ1) is 18.0. The minimum absolute atomic E-state index is 0.0781. The predicted octanol–water partition coefficient (Wildman–Crippen LogP) is 4.73. The summed E-state index contributed by atoms with van der Waals surface area (Å²) in [7, 11) is 0. The van der Waals surface area contributed by atoms with E-state index in [4.69, 9.17) is 0 Å². The highest BCUT2D eigenvalue weighted by Gasteiger charge is 2.26. The van der Waals surface area contributed by atoms with Crippen molar-refractivity contribution in [1.29, 1.82) is 0 Å². The van der Waals surface area contributed by atoms with Crippen LogP contribution >= 0.6 is 0 Å². The summed E-state index contributed by atoms with van der Waals surface area (Å²) in [6, 6.07) is 20.2. The van der Waals surface area contributed by atoms with E-state index in [1.54, 1.807) is 6.20 Å². The average molecular weight is 494 g/mol. The van der Waals surface area contributed by atoms with E-state index in [0.29, 0.717) is 25.2 Å². The third-order valence-electron chi connectivity index (χ3n) is 6.88. The Labute approximate surface area is 216 Å². The largest absolute Gasteiger partial charge is 0.322 e. The van der Waals surface area contributed by atoms with Crippen molar-refractivity contribution in [2.45, 2.75) is 52.9 Å². The highest BCUT2D eigenvalue weighted by molar-refractivity contribution is 5.80. The number of nitrogens with zero attached hydrogens (tertiary/aromatic N) is 6. The van der Waals surface area contributed by atoms with E-state index >= 15 is 0 Å². The Bertz CT molecular complexity index is 1540. The van der Waals surface area contributed by atoms with Gasteiger partial charge in [0.2, 0.25) is 0 Å². The second-order valence-corrected chi connectivity index (χ2v) is 9.52. The Kier molecular flexibility index (Phi) is 7.18. The molecule has 1 atom stereocenters. The lowest BCUT2D eigenvalue weighted by Crippen LogP contribution is -2.32. The molecule has 0 aliphatic carbocycles. The lowest BCUT2D eigenvalue weighted by molar-refractivity contribution is 0.161. The van der Waals surface area contributed by atoms with Crippen molar-refractivity contribution >= 4 is 10.9 Å². The summed E-state index contributed by atoms with van der Waals surface area (Å²) < 4.78 is 1.86. The molecule has 37 heavy (non-hydrogen) atoms. The Hall–Kier alpha value is -4.17. The van der Waals surface area contributed by atoms with E-state index < -0.39 is 0 Å². The molecule has 8 nitrogen and oxygen atoms in total. The van der Waals surface area contributed by atoms with Crippen LogP contribution in [0.25, 0.3) is 10.9 Å². The molecule has 0 radical (unpaired) electrons. The Morgan fingerprint density at radius 2 is 1.76 bits per heavy atom. The molecule has 1 N–H and O–H groups in total. The summed E-state index contributed by atoms with van der Waals surface area (Å²) in [5, 5.41) is 13.8. The number of nitrogens with one attached hydrogen (secondary N) is 1. The van der Waals surface area contributed by atoms with Gasteiger partial charge in [-0.25, -0.2) is 4.68 Å². The van der Waals surface area contributed by atoms with Crippen LogP contribution in [0.2, 0.25) is 0 Å². The van der Waals surface area contributed by atoms with Gasteiger partial charge in [-0.15, -0.1) is 5.10 Å². The van der Waals surface area contributed by atoms with E-state index in [-0.39, 0.29) is 11.6 Å². The van der Waals surface area contributed by atoms with Crippen LogP contribution in [0.5, 0.6) is 0 Å². The number of hydrogen-bond acceptors (Lipinski definition) is 6. The quantitative estimate of drug-likeness (QED) is 0.319. The summed E-state index contributed by atoms with van der Waals surface area (Å²) in [5.41, 5.74) is 6.03. The fourth-order valence-corrected chi connectivity index (χ4v) is 4.78. The van der Waals surface area contributed by atoms with Crippen molar-refractivity contribution in [1.82, 2.24) is 35.1 Å². The van der Waals surface area contributed by atoms with E-state index in [1.165, 1.54) is 5.56 Å². The average Bonchev–Trinajstić information content (AvgIpc) is 3.35. The zero-order chi connectivity index (χ0) is 25.8. The van der Waals surface area contributed by atoms with Gasteiger partial charge in [-0.1, -0.05) is 43.3 Å². The number of aromatic nitrogens is 6. The first-order valence-corrected chi connectivity index (χ1v) is 12.6. The van der Waals surface area contributed by atoms with Gasteiger partial charge in [0.05, 0.1) is 12.6 Å². The van der Waals surface area contributed by atoms with Gasteiger partial charge in [-0.3, -0.25) is 14.7 Å². The van der Waals surface area contributed by atoms with Gasteiger partial charge in [0, 0.05) is 36.6 Å². The molecule has 5 rings (SSSR count). The van der Waals surface area contributed by atoms with E-state index in [0.717, 1.165) is 39.8 Å². The summed E-state index contributed by atoms with van der Waals surface area (Å²) in [5.74, 6) is 0.777. The fraction of sp³-hybridized carbons (Fsp3) is 0.276. The van der Waals surface area contributed by atoms with Crippen molar-refractivity contribution < 1.29 is 0 Å². The van der Waals surface area contributed by atoms with Crippen molar-refractivity contribution in [3.63, 3.8) is 0 Å². The minimum Gasteiger partial charge on any atom is -0.322 e. The number of aromatic amines is 1. The molecule has 188 valence electrons. The van der Waals surface area contributed by atoms with Gasteiger partial charge < -0.3 is 4.98 Å². The second-order valence-electron chi connectivity index (χ2n) is 9.52. The van der Waals surface area contributed by atoms with Crippen LogP contribution in [0.3, 0.4) is 0 Å². The molecule has 3 aromatic heterocycles. The van der Waals surface area contributed by atoms with Gasteiger partial charge in [0.1, 0.15) is 0 Å². The number of H-pyrrole nitrogens is 1. The number of hydrogen-bond donors (Lipinski definition) is 1. The maximum absolute atomic E-state index is 13.2. The summed E-state index contributed by atoms with van der Waals surface area (Å²) in [6.07, 6.45) is 4.41. The summed E-state index contributed by atoms with van der Waals surface area (Å²) >= 11 is 0. The number of benzene rings is 2. The monoisotopic (exact) mass is 493 g/mol. The lowest BCUT2D eigenvalue weighted by Gasteiger charge is -2.30. The Balaban J connectivity index is 1.52. The molecule has 0 amide bonds.